The molecule has 0 spiro atoms. The van der Waals surface area contributed by atoms with E-state index >= 15 is 0 Å². The predicted molar refractivity (Wildman–Crippen MR) is 125 cm³/mol. The van der Waals surface area contributed by atoms with Crippen LogP contribution in [0.4, 0.5) is 4.79 Å². The molecule has 1 aliphatic rings. The molecule has 1 aliphatic heterocycles. The summed E-state index contributed by atoms with van der Waals surface area (Å²) in [5, 5.41) is 3.31. The Labute approximate surface area is 192 Å². The lowest BCUT2D eigenvalue weighted by atomic mass is 10.0. The molecule has 0 unspecified atom stereocenters. The van der Waals surface area contributed by atoms with Gasteiger partial charge in [-0.05, 0) is 30.5 Å². The largest absolute Gasteiger partial charge is 0.497 e. The van der Waals surface area contributed by atoms with Crippen molar-refractivity contribution in [3.63, 3.8) is 0 Å². The van der Waals surface area contributed by atoms with Crippen LogP contribution in [0.1, 0.15) is 76.7 Å². The monoisotopic (exact) mass is 448 g/mol. The standard InChI is InChI=1S/C25H40N2O5/c1-3-4-5-6-7-8-9-10-11-12-23(28)31-22-18-27-21(24(22)32-25(26)29)17-19-13-15-20(30-2)16-14-19/h13-16,21-22,24,27H,3-12,17-18H2,1-2H3,(H2,26,29)/t21-,22+,24+/m0/s1. The molecule has 0 bridgehead atoms. The van der Waals surface area contributed by atoms with Gasteiger partial charge in [0.1, 0.15) is 5.75 Å². The number of rotatable bonds is 15. The van der Waals surface area contributed by atoms with Crippen LogP contribution in [0.25, 0.3) is 0 Å². The number of benzene rings is 1. The number of nitrogens with two attached hydrogens (primary N) is 1. The molecule has 7 nitrogen and oxygen atoms in total. The molecule has 3 N–H and O–H groups in total. The Morgan fingerprint density at radius 3 is 2.19 bits per heavy atom. The van der Waals surface area contributed by atoms with E-state index in [-0.39, 0.29) is 12.0 Å². The molecule has 1 aromatic rings. The van der Waals surface area contributed by atoms with Gasteiger partial charge in [-0.15, -0.1) is 0 Å². The Morgan fingerprint density at radius 2 is 1.59 bits per heavy atom. The summed E-state index contributed by atoms with van der Waals surface area (Å²) < 4.78 is 16.2. The summed E-state index contributed by atoms with van der Waals surface area (Å²) >= 11 is 0. The molecule has 0 radical (unpaired) electrons. The number of unbranched alkanes of at least 4 members (excludes halogenated alkanes) is 8. The average Bonchev–Trinajstić information content (AvgIpc) is 3.13. The van der Waals surface area contributed by atoms with E-state index < -0.39 is 18.3 Å². The van der Waals surface area contributed by atoms with Gasteiger partial charge < -0.3 is 25.3 Å². The zero-order valence-corrected chi connectivity index (χ0v) is 19.6. The van der Waals surface area contributed by atoms with Crippen molar-refractivity contribution in [3.05, 3.63) is 29.8 Å². The van der Waals surface area contributed by atoms with E-state index in [0.717, 1.165) is 30.6 Å². The predicted octanol–water partition coefficient (Wildman–Crippen LogP) is 4.51. The second-order valence-electron chi connectivity index (χ2n) is 8.58. The number of methoxy groups -OCH3 is 1. The fourth-order valence-electron chi connectivity index (χ4n) is 4.17. The normalized spacial score (nSPS) is 20.1. The minimum absolute atomic E-state index is 0.179. The Balaban J connectivity index is 1.73. The number of carbonyl (C=O) groups is 2. The van der Waals surface area contributed by atoms with Gasteiger partial charge in [0, 0.05) is 13.0 Å². The van der Waals surface area contributed by atoms with Gasteiger partial charge in [-0.2, -0.15) is 0 Å². The second kappa shape index (κ2) is 14.7. The first-order valence-corrected chi connectivity index (χ1v) is 12.0. The minimum Gasteiger partial charge on any atom is -0.497 e. The highest BCUT2D eigenvalue weighted by Gasteiger charge is 2.41. The number of carbonyl (C=O) groups excluding carboxylic acids is 2. The van der Waals surface area contributed by atoms with E-state index in [4.69, 9.17) is 19.9 Å². The topological polar surface area (TPSA) is 99.9 Å². The lowest BCUT2D eigenvalue weighted by Crippen LogP contribution is -2.41. The summed E-state index contributed by atoms with van der Waals surface area (Å²) in [5.41, 5.74) is 6.34. The third-order valence-electron chi connectivity index (χ3n) is 5.98. The van der Waals surface area contributed by atoms with Crippen molar-refractivity contribution < 1.29 is 23.8 Å². The minimum atomic E-state index is -0.863. The Bertz CT molecular complexity index is 679. The highest BCUT2D eigenvalue weighted by Crippen LogP contribution is 2.22. The molecule has 0 aromatic heterocycles. The number of nitrogens with one attached hydrogen (secondary N) is 1. The first kappa shape index (κ1) is 26.0. The maximum atomic E-state index is 12.3. The summed E-state index contributed by atoms with van der Waals surface area (Å²) in [5.74, 6) is 0.532. The van der Waals surface area contributed by atoms with Crippen LogP contribution in [0.15, 0.2) is 24.3 Å². The van der Waals surface area contributed by atoms with Crippen molar-refractivity contribution in [2.45, 2.75) is 95.8 Å². The molecule has 180 valence electrons. The van der Waals surface area contributed by atoms with Crippen LogP contribution in [0.3, 0.4) is 0 Å². The number of primary amides is 1. The Kier molecular flexibility index (Phi) is 11.9. The molecule has 1 heterocycles. The molecular weight excluding hydrogens is 408 g/mol. The molecule has 2 rings (SSSR count). The lowest BCUT2D eigenvalue weighted by Gasteiger charge is -2.23. The molecular formula is C25H40N2O5. The zero-order chi connectivity index (χ0) is 23.2. The van der Waals surface area contributed by atoms with Crippen LogP contribution >= 0.6 is 0 Å². The Hall–Kier alpha value is -2.28. The highest BCUT2D eigenvalue weighted by atomic mass is 16.6. The first-order chi connectivity index (χ1) is 15.5. The van der Waals surface area contributed by atoms with Gasteiger partial charge in [0.2, 0.25) is 0 Å². The number of esters is 1. The van der Waals surface area contributed by atoms with Crippen LogP contribution in [-0.4, -0.2) is 44.0 Å². The number of ether oxygens (including phenoxy) is 3. The second-order valence-corrected chi connectivity index (χ2v) is 8.58. The molecule has 3 atom stereocenters. The summed E-state index contributed by atoms with van der Waals surface area (Å²) in [4.78, 5) is 23.8. The van der Waals surface area contributed by atoms with Gasteiger partial charge in [-0.1, -0.05) is 70.4 Å². The quantitative estimate of drug-likeness (QED) is 0.303. The van der Waals surface area contributed by atoms with Crippen LogP contribution in [-0.2, 0) is 20.7 Å². The SMILES string of the molecule is CCCCCCCCCCCC(=O)O[C@@H]1CN[C@@H](Cc2ccc(OC)cc2)[C@H]1OC(N)=O. The maximum absolute atomic E-state index is 12.3. The van der Waals surface area contributed by atoms with E-state index in [0.29, 0.717) is 19.4 Å². The van der Waals surface area contributed by atoms with Crippen molar-refractivity contribution in [2.24, 2.45) is 5.73 Å². The molecule has 7 heteroatoms. The molecule has 0 saturated carbocycles. The zero-order valence-electron chi connectivity index (χ0n) is 19.6. The van der Waals surface area contributed by atoms with Gasteiger partial charge in [0.15, 0.2) is 12.2 Å². The van der Waals surface area contributed by atoms with Crippen LogP contribution < -0.4 is 15.8 Å². The van der Waals surface area contributed by atoms with Crippen molar-refractivity contribution in [1.29, 1.82) is 0 Å². The molecule has 1 fully saturated rings. The molecule has 1 amide bonds. The molecule has 1 aromatic carbocycles. The van der Waals surface area contributed by atoms with Gasteiger partial charge >= 0.3 is 12.1 Å². The van der Waals surface area contributed by atoms with Crippen molar-refractivity contribution in [1.82, 2.24) is 5.32 Å². The van der Waals surface area contributed by atoms with Gasteiger partial charge in [0.05, 0.1) is 13.2 Å². The molecule has 0 aliphatic carbocycles. The molecule has 32 heavy (non-hydrogen) atoms. The average molecular weight is 449 g/mol. The van der Waals surface area contributed by atoms with Gasteiger partial charge in [0.25, 0.3) is 0 Å². The lowest BCUT2D eigenvalue weighted by molar-refractivity contribution is -0.152. The third-order valence-corrected chi connectivity index (χ3v) is 5.98. The fraction of sp³-hybridized carbons (Fsp3) is 0.680. The summed E-state index contributed by atoms with van der Waals surface area (Å²) in [6.45, 7) is 2.66. The third kappa shape index (κ3) is 9.47. The number of hydrogen-bond donors (Lipinski definition) is 2. The van der Waals surface area contributed by atoms with Crippen molar-refractivity contribution >= 4 is 12.1 Å². The number of hydrogen-bond acceptors (Lipinski definition) is 6. The van der Waals surface area contributed by atoms with E-state index in [2.05, 4.69) is 12.2 Å². The van der Waals surface area contributed by atoms with E-state index in [1.165, 1.54) is 38.5 Å². The van der Waals surface area contributed by atoms with E-state index in [9.17, 15) is 9.59 Å². The van der Waals surface area contributed by atoms with E-state index in [1.54, 1.807) is 7.11 Å². The van der Waals surface area contributed by atoms with Crippen molar-refractivity contribution in [3.8, 4) is 5.75 Å². The van der Waals surface area contributed by atoms with Crippen LogP contribution in [0.2, 0.25) is 0 Å². The van der Waals surface area contributed by atoms with Crippen molar-refractivity contribution in [2.75, 3.05) is 13.7 Å². The summed E-state index contributed by atoms with van der Waals surface area (Å²) in [7, 11) is 1.62. The fourth-order valence-corrected chi connectivity index (χ4v) is 4.17. The van der Waals surface area contributed by atoms with Crippen LogP contribution in [0.5, 0.6) is 5.75 Å². The van der Waals surface area contributed by atoms with Gasteiger partial charge in [-0.3, -0.25) is 4.79 Å². The summed E-state index contributed by atoms with van der Waals surface area (Å²) in [6, 6.07) is 7.52. The number of amides is 1. The highest BCUT2D eigenvalue weighted by molar-refractivity contribution is 5.70. The summed E-state index contributed by atoms with van der Waals surface area (Å²) in [6.07, 6.45) is 9.75. The van der Waals surface area contributed by atoms with E-state index in [1.807, 2.05) is 24.3 Å². The van der Waals surface area contributed by atoms with Gasteiger partial charge in [-0.25, -0.2) is 4.79 Å². The maximum Gasteiger partial charge on any atom is 0.404 e. The van der Waals surface area contributed by atoms with Crippen LogP contribution in [0, 0.1) is 0 Å². The Morgan fingerprint density at radius 1 is 0.969 bits per heavy atom. The smallest absolute Gasteiger partial charge is 0.404 e. The first-order valence-electron chi connectivity index (χ1n) is 12.0. The molecule has 1 saturated heterocycles.